The van der Waals surface area contributed by atoms with E-state index in [0.717, 1.165) is 19.5 Å². The van der Waals surface area contributed by atoms with E-state index in [1.165, 1.54) is 22.4 Å². The van der Waals surface area contributed by atoms with E-state index >= 15 is 0 Å². The number of hydrogen-bond donors (Lipinski definition) is 1. The lowest BCUT2D eigenvalue weighted by Gasteiger charge is -2.16. The van der Waals surface area contributed by atoms with E-state index in [0.29, 0.717) is 5.92 Å². The van der Waals surface area contributed by atoms with E-state index in [-0.39, 0.29) is 12.6 Å². The first-order valence-electron chi connectivity index (χ1n) is 7.98. The maximum absolute atomic E-state index is 9.66. The van der Waals surface area contributed by atoms with E-state index in [4.69, 9.17) is 0 Å². The molecule has 3 nitrogen and oxygen atoms in total. The summed E-state index contributed by atoms with van der Waals surface area (Å²) in [5.74, 6) is 0.604. The highest BCUT2D eigenvalue weighted by Gasteiger charge is 2.28. The number of aliphatic hydroxyl groups excluding tert-OH is 1. The molecule has 1 aromatic rings. The van der Waals surface area contributed by atoms with Gasteiger partial charge in [0.2, 0.25) is 6.34 Å². The van der Waals surface area contributed by atoms with Crippen molar-refractivity contribution in [2.45, 2.75) is 47.1 Å². The van der Waals surface area contributed by atoms with E-state index < -0.39 is 0 Å². The van der Waals surface area contributed by atoms with Gasteiger partial charge in [-0.2, -0.15) is 0 Å². The van der Waals surface area contributed by atoms with Gasteiger partial charge >= 0.3 is 0 Å². The quantitative estimate of drug-likeness (QED) is 0.844. The van der Waals surface area contributed by atoms with Crippen LogP contribution >= 0.6 is 0 Å². The molecule has 21 heavy (non-hydrogen) atoms. The maximum atomic E-state index is 9.66. The molecule has 3 heteroatoms. The summed E-state index contributed by atoms with van der Waals surface area (Å²) in [5.41, 5.74) is 5.30. The van der Waals surface area contributed by atoms with Crippen LogP contribution in [0.1, 0.15) is 37.0 Å². The second-order valence-corrected chi connectivity index (χ2v) is 6.76. The SMILES string of the molecule is Cc1cc(C)c(N2C=[N+]([C@H](CO)CC(C)C)CC2)c(C)c1. The van der Waals surface area contributed by atoms with Crippen LogP contribution in [-0.4, -0.2) is 41.8 Å². The molecule has 116 valence electrons. The number of nitrogens with zero attached hydrogens (tertiary/aromatic N) is 2. The topological polar surface area (TPSA) is 26.5 Å². The van der Waals surface area contributed by atoms with Crippen LogP contribution in [0.15, 0.2) is 12.1 Å². The highest BCUT2D eigenvalue weighted by atomic mass is 16.3. The molecule has 0 fully saturated rings. The highest BCUT2D eigenvalue weighted by Crippen LogP contribution is 2.26. The largest absolute Gasteiger partial charge is 0.392 e. The van der Waals surface area contributed by atoms with Gasteiger partial charge in [-0.1, -0.05) is 31.5 Å². The summed E-state index contributed by atoms with van der Waals surface area (Å²) in [5, 5.41) is 9.66. The van der Waals surface area contributed by atoms with Crippen LogP contribution in [0.3, 0.4) is 0 Å². The number of benzene rings is 1. The van der Waals surface area contributed by atoms with Gasteiger partial charge in [0.1, 0.15) is 24.8 Å². The van der Waals surface area contributed by atoms with Crippen LogP contribution in [0.5, 0.6) is 0 Å². The van der Waals surface area contributed by atoms with Crippen molar-refractivity contribution >= 4 is 12.0 Å². The minimum absolute atomic E-state index is 0.231. The van der Waals surface area contributed by atoms with Crippen molar-refractivity contribution in [1.82, 2.24) is 0 Å². The summed E-state index contributed by atoms with van der Waals surface area (Å²) in [7, 11) is 0. The number of aliphatic hydroxyl groups is 1. The summed E-state index contributed by atoms with van der Waals surface area (Å²) < 4.78 is 2.30. The van der Waals surface area contributed by atoms with Crippen molar-refractivity contribution in [3.05, 3.63) is 28.8 Å². The summed E-state index contributed by atoms with van der Waals surface area (Å²) in [6.45, 7) is 13.2. The summed E-state index contributed by atoms with van der Waals surface area (Å²) >= 11 is 0. The number of hydrogen-bond acceptors (Lipinski definition) is 2. The molecule has 0 amide bonds. The Morgan fingerprint density at radius 3 is 2.33 bits per heavy atom. The fourth-order valence-electron chi connectivity index (χ4n) is 3.45. The summed E-state index contributed by atoms with van der Waals surface area (Å²) in [6, 6.07) is 4.73. The van der Waals surface area contributed by atoms with Crippen LogP contribution < -0.4 is 4.90 Å². The molecule has 0 aromatic heterocycles. The van der Waals surface area contributed by atoms with Crippen LogP contribution in [0.2, 0.25) is 0 Å². The number of anilines is 1. The molecule has 0 unspecified atom stereocenters. The molecule has 0 aliphatic carbocycles. The molecule has 1 N–H and O–H groups in total. The molecule has 1 aliphatic rings. The minimum Gasteiger partial charge on any atom is -0.392 e. The third-order valence-electron chi connectivity index (χ3n) is 4.23. The Morgan fingerprint density at radius 2 is 1.81 bits per heavy atom. The van der Waals surface area contributed by atoms with Gasteiger partial charge in [0.15, 0.2) is 0 Å². The molecule has 2 rings (SSSR count). The molecule has 1 aromatic carbocycles. The van der Waals surface area contributed by atoms with Gasteiger partial charge < -0.3 is 5.11 Å². The van der Waals surface area contributed by atoms with Crippen molar-refractivity contribution in [3.8, 4) is 0 Å². The molecule has 0 radical (unpaired) electrons. The van der Waals surface area contributed by atoms with Crippen LogP contribution in [0.25, 0.3) is 0 Å². The highest BCUT2D eigenvalue weighted by molar-refractivity contribution is 5.81. The Balaban J connectivity index is 2.24. The summed E-state index contributed by atoms with van der Waals surface area (Å²) in [6.07, 6.45) is 3.24. The lowest BCUT2D eigenvalue weighted by Crippen LogP contribution is -2.30. The van der Waals surface area contributed by atoms with Crippen molar-refractivity contribution in [1.29, 1.82) is 0 Å². The van der Waals surface area contributed by atoms with Crippen molar-refractivity contribution < 1.29 is 9.68 Å². The van der Waals surface area contributed by atoms with E-state index in [2.05, 4.69) is 62.6 Å². The lowest BCUT2D eigenvalue weighted by atomic mass is 10.0. The Kier molecular flexibility index (Phi) is 5.04. The first-order valence-corrected chi connectivity index (χ1v) is 7.98. The first-order chi connectivity index (χ1) is 9.92. The average Bonchev–Trinajstić information content (AvgIpc) is 2.83. The fourth-order valence-corrected chi connectivity index (χ4v) is 3.45. The Morgan fingerprint density at radius 1 is 1.19 bits per heavy atom. The monoisotopic (exact) mass is 289 g/mol. The molecular formula is C18H29N2O+. The zero-order chi connectivity index (χ0) is 15.6. The van der Waals surface area contributed by atoms with Gasteiger partial charge in [0, 0.05) is 0 Å². The molecule has 1 heterocycles. The Bertz CT molecular complexity index is 511. The lowest BCUT2D eigenvalue weighted by molar-refractivity contribution is -0.558. The Hall–Kier alpha value is -1.35. The molecule has 0 spiro atoms. The average molecular weight is 289 g/mol. The molecule has 0 saturated carbocycles. The third kappa shape index (κ3) is 3.65. The predicted octanol–water partition coefficient (Wildman–Crippen LogP) is 2.88. The van der Waals surface area contributed by atoms with Crippen molar-refractivity contribution in [2.24, 2.45) is 5.92 Å². The number of rotatable bonds is 5. The number of aryl methyl sites for hydroxylation is 3. The van der Waals surface area contributed by atoms with E-state index in [9.17, 15) is 5.11 Å². The zero-order valence-electron chi connectivity index (χ0n) is 14.1. The first kappa shape index (κ1) is 16.0. The van der Waals surface area contributed by atoms with Gasteiger partial charge in [0.05, 0.1) is 6.61 Å². The fraction of sp³-hybridized carbons (Fsp3) is 0.611. The van der Waals surface area contributed by atoms with Crippen LogP contribution in [0.4, 0.5) is 5.69 Å². The van der Waals surface area contributed by atoms with Gasteiger partial charge in [-0.15, -0.1) is 0 Å². The van der Waals surface area contributed by atoms with Gasteiger partial charge in [-0.3, -0.25) is 4.58 Å². The van der Waals surface area contributed by atoms with Crippen molar-refractivity contribution in [3.63, 3.8) is 0 Å². The maximum Gasteiger partial charge on any atom is 0.239 e. The van der Waals surface area contributed by atoms with Gasteiger partial charge in [-0.05, 0) is 44.2 Å². The molecule has 0 bridgehead atoms. The van der Waals surface area contributed by atoms with Gasteiger partial charge in [-0.25, -0.2) is 4.90 Å². The smallest absolute Gasteiger partial charge is 0.239 e. The normalized spacial score (nSPS) is 16.5. The Labute approximate surface area is 128 Å². The summed E-state index contributed by atoms with van der Waals surface area (Å²) in [4.78, 5) is 2.34. The second-order valence-electron chi connectivity index (χ2n) is 6.76. The second kappa shape index (κ2) is 6.61. The predicted molar refractivity (Wildman–Crippen MR) is 89.5 cm³/mol. The van der Waals surface area contributed by atoms with E-state index in [1.54, 1.807) is 0 Å². The van der Waals surface area contributed by atoms with Gasteiger partial charge in [0.25, 0.3) is 0 Å². The standard InChI is InChI=1S/C18H29N2O/c1-13(2)8-17(11-21)19-6-7-20(12-19)18-15(4)9-14(3)10-16(18)5/h9-10,12-13,17,21H,6-8,11H2,1-5H3/q+1/t17-/m0/s1. The molecule has 1 atom stereocenters. The van der Waals surface area contributed by atoms with Crippen LogP contribution in [0, 0.1) is 26.7 Å². The van der Waals surface area contributed by atoms with Crippen LogP contribution in [-0.2, 0) is 0 Å². The van der Waals surface area contributed by atoms with Crippen molar-refractivity contribution in [2.75, 3.05) is 24.6 Å². The van der Waals surface area contributed by atoms with E-state index in [1.807, 2.05) is 0 Å². The zero-order valence-corrected chi connectivity index (χ0v) is 14.1. The third-order valence-corrected chi connectivity index (χ3v) is 4.23. The molecule has 0 saturated heterocycles. The molecular weight excluding hydrogens is 260 g/mol. The molecule has 1 aliphatic heterocycles. The minimum atomic E-state index is 0.231.